The summed E-state index contributed by atoms with van der Waals surface area (Å²) in [6.07, 6.45) is 5.89. The zero-order valence-electron chi connectivity index (χ0n) is 22.4. The van der Waals surface area contributed by atoms with E-state index in [0.717, 1.165) is 64.7 Å². The molecule has 3 aromatic heterocycles. The summed E-state index contributed by atoms with van der Waals surface area (Å²) in [5.41, 5.74) is 1.26. The third-order valence-corrected chi connectivity index (χ3v) is 7.80. The number of fused-ring (bicyclic) bond motifs is 1. The second-order valence-corrected chi connectivity index (χ2v) is 10.1. The van der Waals surface area contributed by atoms with Crippen molar-refractivity contribution in [2.24, 2.45) is 0 Å². The molecule has 1 aliphatic rings. The molecule has 12 heteroatoms. The molecule has 10 nitrogen and oxygen atoms in total. The Hall–Kier alpha value is -2.69. The molecule has 0 aromatic carbocycles. The first-order chi connectivity index (χ1) is 18.4. The maximum absolute atomic E-state index is 14.0. The molecule has 0 atom stereocenters. The van der Waals surface area contributed by atoms with Crippen LogP contribution in [0.1, 0.15) is 58.4 Å². The lowest BCUT2D eigenvalue weighted by atomic mass is 10.1. The zero-order chi connectivity index (χ0) is 27.2. The lowest BCUT2D eigenvalue weighted by molar-refractivity contribution is 0.298. The highest BCUT2D eigenvalue weighted by molar-refractivity contribution is 6.40. The van der Waals surface area contributed by atoms with Gasteiger partial charge in [0.1, 0.15) is 15.6 Å². The Balaban J connectivity index is 1.73. The maximum Gasteiger partial charge on any atom is 0.260 e. The minimum absolute atomic E-state index is 0.00764. The molecule has 3 heterocycles. The average Bonchev–Trinajstić information content (AvgIpc) is 3.46. The van der Waals surface area contributed by atoms with Gasteiger partial charge in [-0.25, -0.2) is 0 Å². The molecule has 1 N–H and O–H groups in total. The number of unbranched alkanes of at least 4 members (excludes halogenated alkanes) is 1. The minimum Gasteiger partial charge on any atom is -0.480 e. The number of hydrogen-bond donors (Lipinski definition) is 1. The molecule has 4 rings (SSSR count). The smallest absolute Gasteiger partial charge is 0.260 e. The van der Waals surface area contributed by atoms with Crippen LogP contribution < -0.4 is 20.3 Å². The first kappa shape index (κ1) is 28.3. The minimum atomic E-state index is -0.255. The Morgan fingerprint density at radius 1 is 1.03 bits per heavy atom. The van der Waals surface area contributed by atoms with Gasteiger partial charge in [-0.3, -0.25) is 9.36 Å². The third kappa shape index (κ3) is 5.82. The molecule has 1 aliphatic carbocycles. The standard InChI is InChI=1S/C26H35Cl2N7O3/c1-5-34(6-2)14-10-9-13-29-26-30-22-18(32-33-26)15-17(25(36)35(22)16-11-7-8-12-16)19-20(27)23(37-3)31-24(38-4)21(19)28/h15-16H,5-14H2,1-4H3,(H,29,30,33). The van der Waals surface area contributed by atoms with Crippen molar-refractivity contribution < 1.29 is 9.47 Å². The van der Waals surface area contributed by atoms with Crippen molar-refractivity contribution in [2.45, 2.75) is 58.4 Å². The molecule has 0 bridgehead atoms. The highest BCUT2D eigenvalue weighted by atomic mass is 35.5. The largest absolute Gasteiger partial charge is 0.480 e. The summed E-state index contributed by atoms with van der Waals surface area (Å²) < 4.78 is 12.4. The van der Waals surface area contributed by atoms with Crippen LogP contribution in [0, 0.1) is 0 Å². The van der Waals surface area contributed by atoms with Crippen LogP contribution in [-0.2, 0) is 0 Å². The Kier molecular flexibility index (Phi) is 9.62. The highest BCUT2D eigenvalue weighted by Crippen LogP contribution is 2.43. The van der Waals surface area contributed by atoms with Crippen molar-refractivity contribution in [3.63, 3.8) is 0 Å². The van der Waals surface area contributed by atoms with Crippen LogP contribution in [0.3, 0.4) is 0 Å². The van der Waals surface area contributed by atoms with Gasteiger partial charge in [0.25, 0.3) is 5.56 Å². The summed E-state index contributed by atoms with van der Waals surface area (Å²) in [7, 11) is 2.88. The molecule has 0 aliphatic heterocycles. The summed E-state index contributed by atoms with van der Waals surface area (Å²) in [5.74, 6) is 0.627. The van der Waals surface area contributed by atoms with E-state index in [1.165, 1.54) is 14.2 Å². The van der Waals surface area contributed by atoms with Crippen molar-refractivity contribution >= 4 is 40.3 Å². The van der Waals surface area contributed by atoms with Gasteiger partial charge in [0.15, 0.2) is 5.65 Å². The van der Waals surface area contributed by atoms with Crippen molar-refractivity contribution in [2.75, 3.05) is 45.7 Å². The average molecular weight is 565 g/mol. The van der Waals surface area contributed by atoms with Gasteiger partial charge in [-0.15, -0.1) is 10.2 Å². The van der Waals surface area contributed by atoms with Crippen LogP contribution in [0.2, 0.25) is 10.0 Å². The van der Waals surface area contributed by atoms with E-state index in [4.69, 9.17) is 37.7 Å². The number of hydrogen-bond acceptors (Lipinski definition) is 9. The predicted molar refractivity (Wildman–Crippen MR) is 151 cm³/mol. The summed E-state index contributed by atoms with van der Waals surface area (Å²) in [5, 5.41) is 12.2. The van der Waals surface area contributed by atoms with E-state index in [2.05, 4.69) is 39.2 Å². The molecule has 206 valence electrons. The molecule has 1 saturated carbocycles. The zero-order valence-corrected chi connectivity index (χ0v) is 23.9. The molecule has 0 amide bonds. The van der Waals surface area contributed by atoms with E-state index in [0.29, 0.717) is 17.1 Å². The van der Waals surface area contributed by atoms with E-state index in [9.17, 15) is 4.79 Å². The van der Waals surface area contributed by atoms with Gasteiger partial charge in [0.05, 0.1) is 19.8 Å². The second kappa shape index (κ2) is 12.9. The first-order valence-corrected chi connectivity index (χ1v) is 13.9. The topological polar surface area (TPSA) is 107 Å². The summed E-state index contributed by atoms with van der Waals surface area (Å²) in [6.45, 7) is 8.24. The van der Waals surface area contributed by atoms with Crippen molar-refractivity contribution in [3.8, 4) is 22.9 Å². The number of rotatable bonds is 12. The van der Waals surface area contributed by atoms with E-state index in [1.54, 1.807) is 10.6 Å². The third-order valence-electron chi connectivity index (χ3n) is 7.09. The second-order valence-electron chi connectivity index (χ2n) is 9.31. The first-order valence-electron chi connectivity index (χ1n) is 13.2. The Bertz CT molecular complexity index is 1300. The van der Waals surface area contributed by atoms with Gasteiger partial charge < -0.3 is 19.7 Å². The van der Waals surface area contributed by atoms with Crippen molar-refractivity contribution in [1.82, 2.24) is 29.6 Å². The molecule has 0 radical (unpaired) electrons. The van der Waals surface area contributed by atoms with Crippen LogP contribution in [0.25, 0.3) is 22.3 Å². The molecular formula is C26H35Cl2N7O3. The van der Waals surface area contributed by atoms with Crippen molar-refractivity contribution in [3.05, 3.63) is 26.5 Å². The Morgan fingerprint density at radius 3 is 2.29 bits per heavy atom. The summed E-state index contributed by atoms with van der Waals surface area (Å²) in [6, 6.07) is 1.62. The van der Waals surface area contributed by atoms with Crippen LogP contribution in [0.5, 0.6) is 11.8 Å². The number of nitrogens with one attached hydrogen (secondary N) is 1. The summed E-state index contributed by atoms with van der Waals surface area (Å²) in [4.78, 5) is 25.4. The molecule has 0 spiro atoms. The summed E-state index contributed by atoms with van der Waals surface area (Å²) >= 11 is 13.2. The van der Waals surface area contributed by atoms with E-state index in [1.807, 2.05) is 0 Å². The lowest BCUT2D eigenvalue weighted by Crippen LogP contribution is -2.27. The molecule has 0 saturated heterocycles. The molecule has 0 unspecified atom stereocenters. The fourth-order valence-electron chi connectivity index (χ4n) is 4.98. The van der Waals surface area contributed by atoms with Gasteiger partial charge >= 0.3 is 0 Å². The van der Waals surface area contributed by atoms with Gasteiger partial charge in [0.2, 0.25) is 17.7 Å². The number of nitrogens with zero attached hydrogens (tertiary/aromatic N) is 6. The predicted octanol–water partition coefficient (Wildman–Crippen LogP) is 5.22. The molecule has 1 fully saturated rings. The van der Waals surface area contributed by atoms with Crippen LogP contribution in [0.15, 0.2) is 10.9 Å². The fraction of sp³-hybridized carbons (Fsp3) is 0.577. The lowest BCUT2D eigenvalue weighted by Gasteiger charge is -2.19. The number of pyridine rings is 2. The monoisotopic (exact) mass is 563 g/mol. The highest BCUT2D eigenvalue weighted by Gasteiger charge is 2.28. The van der Waals surface area contributed by atoms with Crippen molar-refractivity contribution in [1.29, 1.82) is 0 Å². The number of halogens is 2. The SMILES string of the molecule is CCN(CC)CCCCNc1nnc2cc(-c3c(Cl)c(OC)nc(OC)c3Cl)c(=O)n(C3CCCC3)c2n1. The number of methoxy groups -OCH3 is 2. The van der Waals surface area contributed by atoms with Gasteiger partial charge in [-0.2, -0.15) is 9.97 Å². The van der Waals surface area contributed by atoms with Gasteiger partial charge in [0, 0.05) is 18.2 Å². The Labute approximate surface area is 232 Å². The number of aromatic nitrogens is 5. The Morgan fingerprint density at radius 2 is 1.68 bits per heavy atom. The van der Waals surface area contributed by atoms with Crippen LogP contribution in [0.4, 0.5) is 5.95 Å². The van der Waals surface area contributed by atoms with E-state index in [-0.39, 0.29) is 44.5 Å². The van der Waals surface area contributed by atoms with E-state index < -0.39 is 0 Å². The fourth-order valence-corrected chi connectivity index (χ4v) is 5.66. The number of ether oxygens (including phenoxy) is 2. The van der Waals surface area contributed by atoms with Crippen LogP contribution in [-0.4, -0.2) is 70.0 Å². The quantitative estimate of drug-likeness (QED) is 0.296. The van der Waals surface area contributed by atoms with E-state index >= 15 is 0 Å². The van der Waals surface area contributed by atoms with Gasteiger partial charge in [-0.05, 0) is 51.4 Å². The normalized spacial score (nSPS) is 14.0. The molecule has 3 aromatic rings. The maximum atomic E-state index is 14.0. The molecular weight excluding hydrogens is 529 g/mol. The van der Waals surface area contributed by atoms with Crippen LogP contribution >= 0.6 is 23.2 Å². The molecule has 38 heavy (non-hydrogen) atoms. The van der Waals surface area contributed by atoms with Gasteiger partial charge in [-0.1, -0.05) is 49.9 Å². The number of anilines is 1.